The van der Waals surface area contributed by atoms with Crippen LogP contribution >= 0.6 is 35.1 Å². The summed E-state index contributed by atoms with van der Waals surface area (Å²) in [6, 6.07) is 9.37. The Morgan fingerprint density at radius 2 is 2.10 bits per heavy atom. The lowest BCUT2D eigenvalue weighted by Gasteiger charge is -2.45. The minimum atomic E-state index is -0.654. The fourth-order valence-electron chi connectivity index (χ4n) is 2.99. The Morgan fingerprint density at radius 3 is 2.77 bits per heavy atom. The van der Waals surface area contributed by atoms with Crippen LogP contribution in [0.4, 0.5) is 5.69 Å². The summed E-state index contributed by atoms with van der Waals surface area (Å²) in [5, 5.41) is 3.56. The van der Waals surface area contributed by atoms with Crippen molar-refractivity contribution in [2.75, 3.05) is 11.5 Å². The van der Waals surface area contributed by atoms with Crippen LogP contribution in [0, 0.1) is 0 Å². The fraction of sp³-hybridized carbons (Fsp3) is 0.350. The fourth-order valence-corrected chi connectivity index (χ4v) is 5.81. The molecule has 3 heterocycles. The number of thioether (sulfide) groups is 2. The molecule has 2 aromatic rings. The van der Waals surface area contributed by atoms with Crippen molar-refractivity contribution < 1.29 is 14.3 Å². The standard InChI is InChI=1S/C20H20N4O3S3/c1-20(2,3)27-19(26)16-12(10-28-14-9-21-23-30-14)11-29-18-15(17(25)24(16)18)22-13-7-5-4-6-8-13/h4-9,18H,10-11H2,1-3H3/t18-/m0/s1. The van der Waals surface area contributed by atoms with Crippen molar-refractivity contribution in [3.63, 3.8) is 0 Å². The van der Waals surface area contributed by atoms with Crippen LogP contribution in [-0.4, -0.2) is 54.6 Å². The second-order valence-corrected chi connectivity index (χ2v) is 10.8. The third-order valence-corrected chi connectivity index (χ3v) is 7.41. The summed E-state index contributed by atoms with van der Waals surface area (Å²) in [7, 11) is 0. The van der Waals surface area contributed by atoms with Gasteiger partial charge in [-0.05, 0) is 50.0 Å². The Bertz CT molecular complexity index is 1010. The zero-order valence-electron chi connectivity index (χ0n) is 16.7. The van der Waals surface area contributed by atoms with Gasteiger partial charge in [0.25, 0.3) is 5.91 Å². The summed E-state index contributed by atoms with van der Waals surface area (Å²) in [5.41, 5.74) is 1.75. The molecule has 156 valence electrons. The first-order chi connectivity index (χ1) is 14.3. The zero-order valence-corrected chi connectivity index (χ0v) is 19.1. The number of carbonyl (C=O) groups is 2. The molecule has 10 heteroatoms. The minimum Gasteiger partial charge on any atom is -0.455 e. The van der Waals surface area contributed by atoms with E-state index in [1.807, 2.05) is 51.1 Å². The molecular weight excluding hydrogens is 440 g/mol. The molecule has 1 aromatic carbocycles. The van der Waals surface area contributed by atoms with E-state index in [0.29, 0.717) is 22.9 Å². The number of fused-ring (bicyclic) bond motifs is 1. The molecule has 0 spiro atoms. The van der Waals surface area contributed by atoms with E-state index in [9.17, 15) is 9.59 Å². The van der Waals surface area contributed by atoms with Crippen molar-refractivity contribution in [1.82, 2.24) is 14.5 Å². The van der Waals surface area contributed by atoms with Crippen molar-refractivity contribution in [3.8, 4) is 0 Å². The van der Waals surface area contributed by atoms with E-state index in [-0.39, 0.29) is 11.3 Å². The van der Waals surface area contributed by atoms with Crippen LogP contribution in [0.15, 0.2) is 57.0 Å². The SMILES string of the molecule is CC(C)(C)OC(=O)C1=C(CSc2cnns2)CS[C@H]2C(=Nc3ccccc3)C(=O)N12. The van der Waals surface area contributed by atoms with Gasteiger partial charge in [-0.25, -0.2) is 9.79 Å². The van der Waals surface area contributed by atoms with E-state index >= 15 is 0 Å². The van der Waals surface area contributed by atoms with Gasteiger partial charge in [-0.1, -0.05) is 22.7 Å². The number of amides is 1. The van der Waals surface area contributed by atoms with Gasteiger partial charge in [-0.3, -0.25) is 9.69 Å². The molecule has 0 bridgehead atoms. The van der Waals surface area contributed by atoms with Crippen LogP contribution < -0.4 is 0 Å². The molecule has 2 aliphatic heterocycles. The first kappa shape index (κ1) is 21.1. The number of esters is 1. The number of hydrogen-bond acceptors (Lipinski definition) is 9. The number of aromatic nitrogens is 2. The van der Waals surface area contributed by atoms with E-state index in [4.69, 9.17) is 4.74 Å². The van der Waals surface area contributed by atoms with Gasteiger partial charge >= 0.3 is 5.97 Å². The molecule has 0 unspecified atom stereocenters. The number of aliphatic imine (C=N–C) groups is 1. The van der Waals surface area contributed by atoms with Gasteiger partial charge in [-0.2, -0.15) is 0 Å². The average molecular weight is 461 g/mol. The third kappa shape index (κ3) is 4.45. The summed E-state index contributed by atoms with van der Waals surface area (Å²) in [6.07, 6.45) is 1.70. The van der Waals surface area contributed by atoms with E-state index in [2.05, 4.69) is 14.6 Å². The maximum Gasteiger partial charge on any atom is 0.355 e. The van der Waals surface area contributed by atoms with Gasteiger partial charge in [0.2, 0.25) is 0 Å². The highest BCUT2D eigenvalue weighted by atomic mass is 32.2. The van der Waals surface area contributed by atoms with Crippen molar-refractivity contribution in [1.29, 1.82) is 0 Å². The molecule has 4 rings (SSSR count). The summed E-state index contributed by atoms with van der Waals surface area (Å²) in [4.78, 5) is 32.1. The van der Waals surface area contributed by atoms with E-state index < -0.39 is 11.6 Å². The van der Waals surface area contributed by atoms with E-state index in [0.717, 1.165) is 15.5 Å². The largest absolute Gasteiger partial charge is 0.455 e. The molecule has 0 saturated carbocycles. The number of para-hydroxylation sites is 1. The Balaban J connectivity index is 1.63. The lowest BCUT2D eigenvalue weighted by Crippen LogP contribution is -2.62. The minimum absolute atomic E-state index is 0.251. The summed E-state index contributed by atoms with van der Waals surface area (Å²) in [5.74, 6) is 0.459. The summed E-state index contributed by atoms with van der Waals surface area (Å²) >= 11 is 4.45. The maximum absolute atomic E-state index is 13.0. The lowest BCUT2D eigenvalue weighted by molar-refractivity contribution is -0.154. The molecule has 1 atom stereocenters. The second kappa shape index (κ2) is 8.52. The van der Waals surface area contributed by atoms with Crippen molar-refractivity contribution in [2.24, 2.45) is 4.99 Å². The number of carbonyl (C=O) groups excluding carboxylic acids is 2. The number of rotatable bonds is 5. The number of hydrogen-bond donors (Lipinski definition) is 0. The predicted octanol–water partition coefficient (Wildman–Crippen LogP) is 3.91. The Hall–Kier alpha value is -2.17. The monoisotopic (exact) mass is 460 g/mol. The topological polar surface area (TPSA) is 84.7 Å². The van der Waals surface area contributed by atoms with Gasteiger partial charge in [0.05, 0.1) is 11.9 Å². The third-order valence-electron chi connectivity index (χ3n) is 4.23. The van der Waals surface area contributed by atoms with Crippen LogP contribution in [0.1, 0.15) is 20.8 Å². The molecular formula is C20H20N4O3S3. The van der Waals surface area contributed by atoms with Crippen LogP contribution in [0.2, 0.25) is 0 Å². The van der Waals surface area contributed by atoms with Crippen LogP contribution in [0.5, 0.6) is 0 Å². The summed E-state index contributed by atoms with van der Waals surface area (Å²) < 4.78 is 10.5. The number of β-lactam (4-membered cyclic amide) rings is 1. The molecule has 1 amide bonds. The van der Waals surface area contributed by atoms with Gasteiger partial charge < -0.3 is 4.74 Å². The van der Waals surface area contributed by atoms with Crippen LogP contribution in [0.3, 0.4) is 0 Å². The highest BCUT2D eigenvalue weighted by Crippen LogP contribution is 2.41. The number of benzene rings is 1. The van der Waals surface area contributed by atoms with Crippen LogP contribution in [-0.2, 0) is 14.3 Å². The van der Waals surface area contributed by atoms with Gasteiger partial charge in [0, 0.05) is 11.5 Å². The average Bonchev–Trinajstić information content (AvgIpc) is 3.22. The normalized spacial score (nSPS) is 20.2. The van der Waals surface area contributed by atoms with Crippen molar-refractivity contribution in [3.05, 3.63) is 47.8 Å². The molecule has 7 nitrogen and oxygen atoms in total. The molecule has 0 radical (unpaired) electrons. The first-order valence-corrected chi connectivity index (χ1v) is 12.1. The Kier molecular flexibility index (Phi) is 5.99. The molecule has 1 fully saturated rings. The van der Waals surface area contributed by atoms with E-state index in [1.165, 1.54) is 16.4 Å². The lowest BCUT2D eigenvalue weighted by atomic mass is 10.1. The highest BCUT2D eigenvalue weighted by Gasteiger charge is 2.51. The van der Waals surface area contributed by atoms with Crippen molar-refractivity contribution >= 4 is 58.3 Å². The smallest absolute Gasteiger partial charge is 0.355 e. The number of nitrogens with zero attached hydrogens (tertiary/aromatic N) is 4. The first-order valence-electron chi connectivity index (χ1n) is 9.28. The van der Waals surface area contributed by atoms with Crippen LogP contribution in [0.25, 0.3) is 0 Å². The van der Waals surface area contributed by atoms with Gasteiger partial charge in [0.1, 0.15) is 26.6 Å². The highest BCUT2D eigenvalue weighted by molar-refractivity contribution is 8.02. The van der Waals surface area contributed by atoms with Gasteiger partial charge in [0.15, 0.2) is 0 Å². The Morgan fingerprint density at radius 1 is 1.33 bits per heavy atom. The zero-order chi connectivity index (χ0) is 21.3. The molecule has 0 aliphatic carbocycles. The van der Waals surface area contributed by atoms with Crippen molar-refractivity contribution in [2.45, 2.75) is 36.0 Å². The molecule has 0 N–H and O–H groups in total. The van der Waals surface area contributed by atoms with Gasteiger partial charge in [-0.15, -0.1) is 28.6 Å². The predicted molar refractivity (Wildman–Crippen MR) is 120 cm³/mol. The Labute approximate surface area is 187 Å². The quantitative estimate of drug-likeness (QED) is 0.380. The maximum atomic E-state index is 13.0. The molecule has 2 aliphatic rings. The molecule has 1 aromatic heterocycles. The molecule has 1 saturated heterocycles. The van der Waals surface area contributed by atoms with E-state index in [1.54, 1.807) is 29.7 Å². The molecule has 30 heavy (non-hydrogen) atoms. The summed E-state index contributed by atoms with van der Waals surface area (Å²) in [6.45, 7) is 5.45. The second-order valence-electron chi connectivity index (χ2n) is 7.65. The number of ether oxygens (including phenoxy) is 1.